The molecule has 0 saturated heterocycles. The Bertz CT molecular complexity index is 620. The zero-order chi connectivity index (χ0) is 16.1. The van der Waals surface area contributed by atoms with E-state index in [1.165, 1.54) is 6.07 Å². The average molecular weight is 315 g/mol. The van der Waals surface area contributed by atoms with E-state index >= 15 is 0 Å². The maximum Gasteiger partial charge on any atom is 0.127 e. The smallest absolute Gasteiger partial charge is 0.127 e. The number of hydrogen-bond donors (Lipinski definition) is 2. The van der Waals surface area contributed by atoms with Crippen LogP contribution in [0.1, 0.15) is 24.8 Å². The minimum atomic E-state index is -0.601. The van der Waals surface area contributed by atoms with Crippen LogP contribution in [0.5, 0.6) is 5.75 Å². The molecule has 0 aromatic heterocycles. The second-order valence-corrected chi connectivity index (χ2v) is 5.97. The van der Waals surface area contributed by atoms with E-state index in [0.29, 0.717) is 12.1 Å². The van der Waals surface area contributed by atoms with Crippen molar-refractivity contribution >= 4 is 0 Å². The van der Waals surface area contributed by atoms with E-state index in [-0.39, 0.29) is 18.0 Å². The largest absolute Gasteiger partial charge is 0.488 e. The highest BCUT2D eigenvalue weighted by Crippen LogP contribution is 2.24. The highest BCUT2D eigenvalue weighted by atomic mass is 19.1. The van der Waals surface area contributed by atoms with Crippen molar-refractivity contribution in [2.75, 3.05) is 0 Å². The van der Waals surface area contributed by atoms with Gasteiger partial charge in [0.05, 0.1) is 0 Å². The quantitative estimate of drug-likeness (QED) is 0.890. The monoisotopic (exact) mass is 315 g/mol. The molecule has 122 valence electrons. The van der Waals surface area contributed by atoms with E-state index in [2.05, 4.69) is 5.32 Å². The number of aliphatic hydroxyl groups is 1. The van der Waals surface area contributed by atoms with Crippen molar-refractivity contribution in [3.63, 3.8) is 0 Å². The van der Waals surface area contributed by atoms with Crippen LogP contribution in [0.25, 0.3) is 0 Å². The SMILES string of the molecule is O[C@@H]1[C@@H](NCc2ccccc2F)CCC[C@H]1Oc1ccccc1. The zero-order valence-corrected chi connectivity index (χ0v) is 13.0. The van der Waals surface area contributed by atoms with Crippen LogP contribution < -0.4 is 10.1 Å². The minimum Gasteiger partial charge on any atom is -0.488 e. The Labute approximate surface area is 136 Å². The molecule has 3 rings (SSSR count). The maximum absolute atomic E-state index is 13.7. The Morgan fingerprint density at radius 3 is 2.57 bits per heavy atom. The van der Waals surface area contributed by atoms with Crippen LogP contribution in [0.4, 0.5) is 4.39 Å². The molecule has 0 heterocycles. The highest BCUT2D eigenvalue weighted by Gasteiger charge is 2.33. The maximum atomic E-state index is 13.7. The van der Waals surface area contributed by atoms with Crippen molar-refractivity contribution in [3.8, 4) is 5.75 Å². The number of benzene rings is 2. The van der Waals surface area contributed by atoms with Crippen LogP contribution in [-0.2, 0) is 6.54 Å². The summed E-state index contributed by atoms with van der Waals surface area (Å²) in [5, 5.41) is 13.8. The molecule has 3 nitrogen and oxygen atoms in total. The van der Waals surface area contributed by atoms with Crippen molar-refractivity contribution < 1.29 is 14.2 Å². The van der Waals surface area contributed by atoms with E-state index in [0.717, 1.165) is 25.0 Å². The van der Waals surface area contributed by atoms with Gasteiger partial charge in [0.1, 0.15) is 23.8 Å². The number of rotatable bonds is 5. The Balaban J connectivity index is 1.59. The molecule has 0 amide bonds. The van der Waals surface area contributed by atoms with Crippen LogP contribution in [0.3, 0.4) is 0 Å². The van der Waals surface area contributed by atoms with Gasteiger partial charge in [-0.2, -0.15) is 0 Å². The van der Waals surface area contributed by atoms with Gasteiger partial charge in [-0.1, -0.05) is 36.4 Å². The van der Waals surface area contributed by atoms with E-state index in [9.17, 15) is 9.50 Å². The molecule has 1 saturated carbocycles. The van der Waals surface area contributed by atoms with Crippen molar-refractivity contribution in [1.82, 2.24) is 5.32 Å². The summed E-state index contributed by atoms with van der Waals surface area (Å²) in [4.78, 5) is 0. The van der Waals surface area contributed by atoms with Gasteiger partial charge in [0.2, 0.25) is 0 Å². The summed E-state index contributed by atoms with van der Waals surface area (Å²) in [7, 11) is 0. The van der Waals surface area contributed by atoms with E-state index in [1.807, 2.05) is 36.4 Å². The van der Waals surface area contributed by atoms with E-state index < -0.39 is 6.10 Å². The standard InChI is InChI=1S/C19H22FNO2/c20-16-10-5-4-7-14(16)13-21-17-11-6-12-18(19(17)22)23-15-8-2-1-3-9-15/h1-5,7-10,17-19,21-22H,6,11-13H2/t17-,18+,19+/m0/s1. The summed E-state index contributed by atoms with van der Waals surface area (Å²) in [6.07, 6.45) is 1.84. The summed E-state index contributed by atoms with van der Waals surface area (Å²) < 4.78 is 19.6. The summed E-state index contributed by atoms with van der Waals surface area (Å²) in [6.45, 7) is 0.409. The molecular weight excluding hydrogens is 293 g/mol. The lowest BCUT2D eigenvalue weighted by Crippen LogP contribution is -2.51. The number of para-hydroxylation sites is 1. The molecule has 0 bridgehead atoms. The first-order valence-corrected chi connectivity index (χ1v) is 8.10. The lowest BCUT2D eigenvalue weighted by Gasteiger charge is -2.35. The van der Waals surface area contributed by atoms with Gasteiger partial charge in [-0.05, 0) is 37.5 Å². The molecule has 1 aliphatic rings. The molecule has 1 fully saturated rings. The first kappa shape index (κ1) is 16.0. The van der Waals surface area contributed by atoms with E-state index in [1.54, 1.807) is 12.1 Å². The molecule has 2 N–H and O–H groups in total. The van der Waals surface area contributed by atoms with Crippen LogP contribution in [0.15, 0.2) is 54.6 Å². The van der Waals surface area contributed by atoms with Crippen molar-refractivity contribution in [3.05, 3.63) is 66.0 Å². The summed E-state index contributed by atoms with van der Waals surface area (Å²) in [6, 6.07) is 16.2. The molecule has 23 heavy (non-hydrogen) atoms. The van der Waals surface area contributed by atoms with Gasteiger partial charge in [0.25, 0.3) is 0 Å². The van der Waals surface area contributed by atoms with Gasteiger partial charge in [0.15, 0.2) is 0 Å². The van der Waals surface area contributed by atoms with E-state index in [4.69, 9.17) is 4.74 Å². The second kappa shape index (κ2) is 7.57. The number of halogens is 1. The third-order valence-corrected chi connectivity index (χ3v) is 4.34. The number of ether oxygens (including phenoxy) is 1. The second-order valence-electron chi connectivity index (χ2n) is 5.97. The molecule has 4 heteroatoms. The third kappa shape index (κ3) is 4.09. The van der Waals surface area contributed by atoms with Crippen molar-refractivity contribution in [2.45, 2.75) is 44.1 Å². The highest BCUT2D eigenvalue weighted by molar-refractivity contribution is 5.21. The lowest BCUT2D eigenvalue weighted by molar-refractivity contribution is -0.0158. The molecule has 2 aromatic carbocycles. The van der Waals surface area contributed by atoms with Crippen LogP contribution in [-0.4, -0.2) is 23.4 Å². The van der Waals surface area contributed by atoms with Gasteiger partial charge in [-0.3, -0.25) is 0 Å². The van der Waals surface area contributed by atoms with Crippen molar-refractivity contribution in [2.24, 2.45) is 0 Å². The molecule has 0 radical (unpaired) electrons. The molecule has 2 aromatic rings. The number of aliphatic hydroxyl groups excluding tert-OH is 1. The number of nitrogens with one attached hydrogen (secondary N) is 1. The zero-order valence-electron chi connectivity index (χ0n) is 13.0. The predicted octanol–water partition coefficient (Wildman–Crippen LogP) is 3.28. The van der Waals surface area contributed by atoms with Gasteiger partial charge in [-0.25, -0.2) is 4.39 Å². The predicted molar refractivity (Wildman–Crippen MR) is 87.7 cm³/mol. The van der Waals surface area contributed by atoms with Gasteiger partial charge in [0, 0.05) is 18.2 Å². The summed E-state index contributed by atoms with van der Waals surface area (Å²) in [5.74, 6) is 0.550. The molecule has 0 aliphatic heterocycles. The molecule has 1 aliphatic carbocycles. The van der Waals surface area contributed by atoms with Crippen LogP contribution in [0, 0.1) is 5.82 Å². The first-order chi connectivity index (χ1) is 11.2. The molecule has 0 spiro atoms. The molecular formula is C19H22FNO2. The fraction of sp³-hybridized carbons (Fsp3) is 0.368. The molecule has 3 atom stereocenters. The fourth-order valence-electron chi connectivity index (χ4n) is 3.05. The van der Waals surface area contributed by atoms with Gasteiger partial charge < -0.3 is 15.2 Å². The molecule has 0 unspecified atom stereocenters. The first-order valence-electron chi connectivity index (χ1n) is 8.10. The topological polar surface area (TPSA) is 41.5 Å². The minimum absolute atomic E-state index is 0.0860. The third-order valence-electron chi connectivity index (χ3n) is 4.34. The van der Waals surface area contributed by atoms with Crippen molar-refractivity contribution in [1.29, 1.82) is 0 Å². The summed E-state index contributed by atoms with van der Waals surface area (Å²) >= 11 is 0. The Morgan fingerprint density at radius 2 is 1.78 bits per heavy atom. The van der Waals surface area contributed by atoms with Crippen LogP contribution in [0.2, 0.25) is 0 Å². The fourth-order valence-corrected chi connectivity index (χ4v) is 3.05. The van der Waals surface area contributed by atoms with Crippen LogP contribution >= 0.6 is 0 Å². The van der Waals surface area contributed by atoms with Gasteiger partial charge in [-0.15, -0.1) is 0 Å². The lowest BCUT2D eigenvalue weighted by atomic mass is 9.89. The normalized spacial score (nSPS) is 24.3. The summed E-state index contributed by atoms with van der Waals surface area (Å²) in [5.41, 5.74) is 0.616. The number of hydrogen-bond acceptors (Lipinski definition) is 3. The van der Waals surface area contributed by atoms with Gasteiger partial charge >= 0.3 is 0 Å². The Morgan fingerprint density at radius 1 is 1.04 bits per heavy atom. The average Bonchev–Trinajstić information content (AvgIpc) is 2.58. The Kier molecular flexibility index (Phi) is 5.26. The Hall–Kier alpha value is -1.91.